The Balaban J connectivity index is 2.25. The highest BCUT2D eigenvalue weighted by Gasteiger charge is 2.17. The van der Waals surface area contributed by atoms with Gasteiger partial charge in [0.2, 0.25) is 0 Å². The van der Waals surface area contributed by atoms with Gasteiger partial charge in [-0.25, -0.2) is 8.42 Å². The third kappa shape index (κ3) is 3.70. The predicted molar refractivity (Wildman–Crippen MR) is 75.4 cm³/mol. The van der Waals surface area contributed by atoms with Crippen molar-refractivity contribution in [2.24, 2.45) is 0 Å². The Kier molecular flexibility index (Phi) is 4.47. The molecule has 1 aliphatic heterocycles. The molecule has 5 heteroatoms. The smallest absolute Gasteiger partial charge is 0.175 e. The number of hydrogen-bond acceptors (Lipinski definition) is 4. The number of hydrogen-bond donors (Lipinski definition) is 1. The van der Waals surface area contributed by atoms with E-state index in [1.54, 1.807) is 25.3 Å². The molecule has 0 bridgehead atoms. The molecule has 1 unspecified atom stereocenters. The van der Waals surface area contributed by atoms with Crippen LogP contribution in [0, 0.1) is 0 Å². The first-order valence-electron chi connectivity index (χ1n) is 6.61. The molecule has 1 fully saturated rings. The van der Waals surface area contributed by atoms with Gasteiger partial charge in [0.1, 0.15) is 5.75 Å². The summed E-state index contributed by atoms with van der Waals surface area (Å²) < 4.78 is 28.6. The van der Waals surface area contributed by atoms with E-state index in [0.29, 0.717) is 10.9 Å². The van der Waals surface area contributed by atoms with Crippen LogP contribution in [0.4, 0.5) is 0 Å². The van der Waals surface area contributed by atoms with E-state index in [2.05, 4.69) is 5.32 Å². The summed E-state index contributed by atoms with van der Waals surface area (Å²) in [7, 11) is -1.55. The first-order chi connectivity index (χ1) is 9.00. The topological polar surface area (TPSA) is 55.4 Å². The lowest BCUT2D eigenvalue weighted by molar-refractivity contribution is 0.381. The molecule has 19 heavy (non-hydrogen) atoms. The largest absolute Gasteiger partial charge is 0.496 e. The van der Waals surface area contributed by atoms with Crippen molar-refractivity contribution >= 4 is 9.84 Å². The molecular weight excluding hydrogens is 262 g/mol. The maximum absolute atomic E-state index is 11.6. The fraction of sp³-hybridized carbons (Fsp3) is 0.571. The molecule has 1 aromatic rings. The van der Waals surface area contributed by atoms with Crippen LogP contribution in [0.25, 0.3) is 0 Å². The SMILES string of the molecule is COc1ccc(S(C)(=O)=O)cc1CC1CCCCN1. The number of ether oxygens (including phenoxy) is 1. The molecule has 1 N–H and O–H groups in total. The normalized spacial score (nSPS) is 20.2. The highest BCUT2D eigenvalue weighted by atomic mass is 32.2. The second-order valence-corrected chi connectivity index (χ2v) is 7.11. The van der Waals surface area contributed by atoms with Crippen molar-refractivity contribution in [2.45, 2.75) is 36.6 Å². The molecule has 2 rings (SSSR count). The van der Waals surface area contributed by atoms with Gasteiger partial charge in [0, 0.05) is 12.3 Å². The Morgan fingerprint density at radius 3 is 2.74 bits per heavy atom. The minimum absolute atomic E-state index is 0.360. The number of methoxy groups -OCH3 is 1. The zero-order chi connectivity index (χ0) is 13.9. The molecule has 1 aromatic carbocycles. The lowest BCUT2D eigenvalue weighted by atomic mass is 9.97. The summed E-state index contributed by atoms with van der Waals surface area (Å²) in [4.78, 5) is 0.360. The van der Waals surface area contributed by atoms with Crippen molar-refractivity contribution in [3.63, 3.8) is 0 Å². The van der Waals surface area contributed by atoms with E-state index in [1.165, 1.54) is 19.1 Å². The van der Waals surface area contributed by atoms with E-state index in [-0.39, 0.29) is 0 Å². The third-order valence-electron chi connectivity index (χ3n) is 3.56. The lowest BCUT2D eigenvalue weighted by Crippen LogP contribution is -2.35. The van der Waals surface area contributed by atoms with Crippen molar-refractivity contribution in [2.75, 3.05) is 19.9 Å². The van der Waals surface area contributed by atoms with Gasteiger partial charge in [0.25, 0.3) is 0 Å². The van der Waals surface area contributed by atoms with Gasteiger partial charge in [0.15, 0.2) is 9.84 Å². The molecule has 0 saturated carbocycles. The van der Waals surface area contributed by atoms with Crippen LogP contribution in [0.3, 0.4) is 0 Å². The molecule has 0 radical (unpaired) electrons. The van der Waals surface area contributed by atoms with E-state index in [0.717, 1.165) is 30.7 Å². The molecule has 0 aromatic heterocycles. The van der Waals surface area contributed by atoms with Crippen LogP contribution in [0.2, 0.25) is 0 Å². The maximum atomic E-state index is 11.6. The van der Waals surface area contributed by atoms with E-state index in [4.69, 9.17) is 4.74 Å². The van der Waals surface area contributed by atoms with Crippen LogP contribution < -0.4 is 10.1 Å². The Morgan fingerprint density at radius 1 is 1.37 bits per heavy atom. The Labute approximate surface area is 115 Å². The predicted octanol–water partition coefficient (Wildman–Crippen LogP) is 1.78. The first kappa shape index (κ1) is 14.3. The minimum atomic E-state index is -3.17. The lowest BCUT2D eigenvalue weighted by Gasteiger charge is -2.24. The van der Waals surface area contributed by atoms with Crippen molar-refractivity contribution in [1.82, 2.24) is 5.32 Å². The second-order valence-electron chi connectivity index (χ2n) is 5.10. The highest BCUT2D eigenvalue weighted by molar-refractivity contribution is 7.90. The molecule has 1 atom stereocenters. The van der Waals surface area contributed by atoms with E-state index in [9.17, 15) is 8.42 Å². The van der Waals surface area contributed by atoms with Crippen LogP contribution in [-0.2, 0) is 16.3 Å². The number of nitrogens with one attached hydrogen (secondary N) is 1. The number of sulfone groups is 1. The van der Waals surface area contributed by atoms with Gasteiger partial charge >= 0.3 is 0 Å². The van der Waals surface area contributed by atoms with Crippen LogP contribution >= 0.6 is 0 Å². The Morgan fingerprint density at radius 2 is 2.16 bits per heavy atom. The number of piperidine rings is 1. The van der Waals surface area contributed by atoms with E-state index in [1.807, 2.05) is 0 Å². The van der Waals surface area contributed by atoms with E-state index >= 15 is 0 Å². The van der Waals surface area contributed by atoms with Gasteiger partial charge in [-0.1, -0.05) is 6.42 Å². The quantitative estimate of drug-likeness (QED) is 0.915. The van der Waals surface area contributed by atoms with E-state index < -0.39 is 9.84 Å². The summed E-state index contributed by atoms with van der Waals surface area (Å²) in [5.74, 6) is 0.764. The van der Waals surface area contributed by atoms with Gasteiger partial charge in [-0.2, -0.15) is 0 Å². The molecule has 106 valence electrons. The van der Waals surface area contributed by atoms with Gasteiger partial charge in [-0.3, -0.25) is 0 Å². The van der Waals surface area contributed by atoms with Crippen molar-refractivity contribution < 1.29 is 13.2 Å². The fourth-order valence-corrected chi connectivity index (χ4v) is 3.18. The molecule has 1 saturated heterocycles. The van der Waals surface area contributed by atoms with Crippen LogP contribution in [0.1, 0.15) is 24.8 Å². The summed E-state index contributed by atoms with van der Waals surface area (Å²) in [5.41, 5.74) is 0.963. The van der Waals surface area contributed by atoms with Gasteiger partial charge in [-0.15, -0.1) is 0 Å². The molecule has 0 aliphatic carbocycles. The molecule has 4 nitrogen and oxygen atoms in total. The molecule has 0 spiro atoms. The van der Waals surface area contributed by atoms with Gasteiger partial charge in [-0.05, 0) is 49.6 Å². The van der Waals surface area contributed by atoms with Crippen LogP contribution in [-0.4, -0.2) is 34.4 Å². The van der Waals surface area contributed by atoms with Gasteiger partial charge < -0.3 is 10.1 Å². The van der Waals surface area contributed by atoms with Crippen LogP contribution in [0.15, 0.2) is 23.1 Å². The second kappa shape index (κ2) is 5.92. The zero-order valence-electron chi connectivity index (χ0n) is 11.5. The molecule has 1 aliphatic rings. The fourth-order valence-electron chi connectivity index (χ4n) is 2.51. The standard InChI is InChI=1S/C14H21NO3S/c1-18-14-7-6-13(19(2,16)17)10-11(14)9-12-5-3-4-8-15-12/h6-7,10,12,15H,3-5,8-9H2,1-2H3. The van der Waals surface area contributed by atoms with Gasteiger partial charge in [0.05, 0.1) is 12.0 Å². The summed E-state index contributed by atoms with van der Waals surface area (Å²) >= 11 is 0. The molecular formula is C14H21NO3S. The Bertz CT molecular complexity index is 534. The summed E-state index contributed by atoms with van der Waals surface area (Å²) in [6.07, 6.45) is 5.62. The summed E-state index contributed by atoms with van der Waals surface area (Å²) in [5, 5.41) is 3.47. The van der Waals surface area contributed by atoms with Crippen molar-refractivity contribution in [1.29, 1.82) is 0 Å². The zero-order valence-corrected chi connectivity index (χ0v) is 12.3. The average Bonchev–Trinajstić information content (AvgIpc) is 2.39. The van der Waals surface area contributed by atoms with Crippen molar-refractivity contribution in [3.05, 3.63) is 23.8 Å². The average molecular weight is 283 g/mol. The monoisotopic (exact) mass is 283 g/mol. The molecule has 1 heterocycles. The first-order valence-corrected chi connectivity index (χ1v) is 8.50. The molecule has 0 amide bonds. The Hall–Kier alpha value is -1.07. The number of benzene rings is 1. The van der Waals surface area contributed by atoms with Crippen LogP contribution in [0.5, 0.6) is 5.75 Å². The van der Waals surface area contributed by atoms with Crippen molar-refractivity contribution in [3.8, 4) is 5.75 Å². The summed E-state index contributed by atoms with van der Waals surface area (Å²) in [6.45, 7) is 1.04. The third-order valence-corrected chi connectivity index (χ3v) is 4.67. The maximum Gasteiger partial charge on any atom is 0.175 e. The summed E-state index contributed by atoms with van der Waals surface area (Å²) in [6, 6.07) is 5.50. The number of rotatable bonds is 4. The minimum Gasteiger partial charge on any atom is -0.496 e. The highest BCUT2D eigenvalue weighted by Crippen LogP contribution is 2.25.